The van der Waals surface area contributed by atoms with Crippen LogP contribution in [0.1, 0.15) is 0 Å². The zero-order chi connectivity index (χ0) is 13.4. The molecular formula is C11H12Cl2N4OS. The van der Waals surface area contributed by atoms with E-state index in [1.54, 1.807) is 21.3 Å². The van der Waals surface area contributed by atoms with Gasteiger partial charge in [0.25, 0.3) is 0 Å². The molecule has 0 spiro atoms. The van der Waals surface area contributed by atoms with Crippen molar-refractivity contribution in [2.24, 2.45) is 0 Å². The molecule has 0 atom stereocenters. The van der Waals surface area contributed by atoms with E-state index in [4.69, 9.17) is 40.2 Å². The van der Waals surface area contributed by atoms with E-state index in [2.05, 4.69) is 10.00 Å². The first kappa shape index (κ1) is 13.3. The van der Waals surface area contributed by atoms with Crippen LogP contribution in [0, 0.1) is 4.77 Å². The fraction of sp³-hybridized carbons (Fsp3) is 0.455. The third kappa shape index (κ3) is 2.64. The zero-order valence-electron chi connectivity index (χ0n) is 10.1. The van der Waals surface area contributed by atoms with Gasteiger partial charge in [-0.05, 0) is 18.3 Å². The number of hydrogen-bond acceptors (Lipinski definition) is 4. The van der Waals surface area contributed by atoms with Crippen LogP contribution in [-0.2, 0) is 11.4 Å². The third-order valence-corrected chi connectivity index (χ3v) is 3.93. The van der Waals surface area contributed by atoms with Crippen molar-refractivity contribution in [2.75, 3.05) is 26.3 Å². The smallest absolute Gasteiger partial charge is 0.203 e. The molecule has 0 saturated carbocycles. The monoisotopic (exact) mass is 318 g/mol. The number of rotatable bonds is 2. The molecular weight excluding hydrogens is 307 g/mol. The number of hydrogen-bond donors (Lipinski definition) is 0. The molecule has 102 valence electrons. The molecule has 3 rings (SSSR count). The van der Waals surface area contributed by atoms with Crippen LogP contribution in [0.5, 0.6) is 0 Å². The van der Waals surface area contributed by atoms with E-state index in [1.165, 1.54) is 0 Å². The summed E-state index contributed by atoms with van der Waals surface area (Å²) in [4.78, 5) is 2.24. The van der Waals surface area contributed by atoms with Crippen LogP contribution in [0.25, 0.3) is 5.65 Å². The lowest BCUT2D eigenvalue weighted by molar-refractivity contribution is 0.0210. The number of ether oxygens (including phenoxy) is 1. The van der Waals surface area contributed by atoms with E-state index in [9.17, 15) is 0 Å². The Kier molecular flexibility index (Phi) is 3.77. The van der Waals surface area contributed by atoms with Crippen LogP contribution in [-0.4, -0.2) is 45.4 Å². The maximum atomic E-state index is 6.13. The van der Waals surface area contributed by atoms with Gasteiger partial charge in [0.2, 0.25) is 4.77 Å². The fourth-order valence-corrected chi connectivity index (χ4v) is 2.82. The summed E-state index contributed by atoms with van der Waals surface area (Å²) in [7, 11) is 0. The number of aromatic nitrogens is 3. The van der Waals surface area contributed by atoms with E-state index < -0.39 is 0 Å². The molecule has 5 nitrogen and oxygen atoms in total. The zero-order valence-corrected chi connectivity index (χ0v) is 12.4. The normalized spacial score (nSPS) is 17.2. The summed E-state index contributed by atoms with van der Waals surface area (Å²) in [6.07, 6.45) is 1.73. The van der Waals surface area contributed by atoms with Crippen LogP contribution in [0.3, 0.4) is 0 Å². The van der Waals surface area contributed by atoms with E-state index in [0.29, 0.717) is 27.1 Å². The highest BCUT2D eigenvalue weighted by Crippen LogP contribution is 2.21. The number of halogens is 2. The van der Waals surface area contributed by atoms with Crippen molar-refractivity contribution >= 4 is 41.1 Å². The van der Waals surface area contributed by atoms with Gasteiger partial charge in [-0.2, -0.15) is 0 Å². The third-order valence-electron chi connectivity index (χ3n) is 3.04. The Hall–Kier alpha value is -0.660. The van der Waals surface area contributed by atoms with E-state index >= 15 is 0 Å². The lowest BCUT2D eigenvalue weighted by atomic mass is 10.4. The lowest BCUT2D eigenvalue weighted by Crippen LogP contribution is -2.37. The Morgan fingerprint density at radius 1 is 1.32 bits per heavy atom. The quantitative estimate of drug-likeness (QED) is 0.797. The average Bonchev–Trinajstić information content (AvgIpc) is 2.69. The molecule has 0 N–H and O–H groups in total. The molecule has 2 aromatic rings. The molecule has 19 heavy (non-hydrogen) atoms. The second-order valence-corrected chi connectivity index (χ2v) is 5.56. The second kappa shape index (κ2) is 5.38. The Labute approximate surface area is 125 Å². The highest BCUT2D eigenvalue weighted by molar-refractivity contribution is 7.71. The molecule has 0 radical (unpaired) electrons. The SMILES string of the molecule is S=c1n(CN2CCOCC2)nc2c(Cl)cc(Cl)cn12. The first-order valence-corrected chi connectivity index (χ1v) is 7.06. The average molecular weight is 319 g/mol. The van der Waals surface area contributed by atoms with E-state index in [1.807, 2.05) is 0 Å². The summed E-state index contributed by atoms with van der Waals surface area (Å²) < 4.78 is 9.41. The van der Waals surface area contributed by atoms with Gasteiger partial charge in [0.1, 0.15) is 0 Å². The van der Waals surface area contributed by atoms with E-state index in [0.717, 1.165) is 26.3 Å². The molecule has 3 heterocycles. The Morgan fingerprint density at radius 3 is 2.79 bits per heavy atom. The molecule has 1 saturated heterocycles. The van der Waals surface area contributed by atoms with Gasteiger partial charge >= 0.3 is 0 Å². The molecule has 0 amide bonds. The number of fused-ring (bicyclic) bond motifs is 1. The molecule has 1 aliphatic heterocycles. The van der Waals surface area contributed by atoms with Crippen LogP contribution < -0.4 is 0 Å². The van der Waals surface area contributed by atoms with Gasteiger partial charge < -0.3 is 4.74 Å². The maximum Gasteiger partial charge on any atom is 0.203 e. The van der Waals surface area contributed by atoms with Crippen LogP contribution in [0.15, 0.2) is 12.3 Å². The largest absolute Gasteiger partial charge is 0.379 e. The van der Waals surface area contributed by atoms with Crippen molar-refractivity contribution in [3.63, 3.8) is 0 Å². The highest BCUT2D eigenvalue weighted by atomic mass is 35.5. The van der Waals surface area contributed by atoms with Crippen LogP contribution in [0.4, 0.5) is 0 Å². The number of morpholine rings is 1. The van der Waals surface area contributed by atoms with Crippen molar-refractivity contribution < 1.29 is 4.74 Å². The molecule has 0 bridgehead atoms. The van der Waals surface area contributed by atoms with Gasteiger partial charge in [-0.1, -0.05) is 23.2 Å². The minimum Gasteiger partial charge on any atom is -0.379 e. The molecule has 0 unspecified atom stereocenters. The summed E-state index contributed by atoms with van der Waals surface area (Å²) in [5.41, 5.74) is 0.629. The second-order valence-electron chi connectivity index (χ2n) is 4.35. The van der Waals surface area contributed by atoms with Gasteiger partial charge in [0, 0.05) is 19.3 Å². The van der Waals surface area contributed by atoms with E-state index in [-0.39, 0.29) is 0 Å². The Bertz CT molecular complexity index is 662. The number of nitrogens with zero attached hydrogens (tertiary/aromatic N) is 4. The van der Waals surface area contributed by atoms with Crippen molar-refractivity contribution in [1.82, 2.24) is 19.1 Å². The van der Waals surface area contributed by atoms with Gasteiger partial charge in [0.05, 0.1) is 29.9 Å². The van der Waals surface area contributed by atoms with Gasteiger partial charge in [0.15, 0.2) is 5.65 Å². The molecule has 2 aromatic heterocycles. The summed E-state index contributed by atoms with van der Waals surface area (Å²) in [5.74, 6) is 0. The minimum absolute atomic E-state index is 0.499. The predicted molar refractivity (Wildman–Crippen MR) is 76.4 cm³/mol. The van der Waals surface area contributed by atoms with Crippen molar-refractivity contribution in [3.8, 4) is 0 Å². The first-order chi connectivity index (χ1) is 9.15. The highest BCUT2D eigenvalue weighted by Gasteiger charge is 2.14. The topological polar surface area (TPSA) is 34.7 Å². The van der Waals surface area contributed by atoms with Gasteiger partial charge in [-0.3, -0.25) is 9.30 Å². The minimum atomic E-state index is 0.499. The summed E-state index contributed by atoms with van der Waals surface area (Å²) in [6, 6.07) is 1.67. The van der Waals surface area contributed by atoms with Gasteiger partial charge in [-0.15, -0.1) is 5.10 Å². The molecule has 1 aliphatic rings. The van der Waals surface area contributed by atoms with Gasteiger partial charge in [-0.25, -0.2) is 4.68 Å². The molecule has 8 heteroatoms. The summed E-state index contributed by atoms with van der Waals surface area (Å²) in [6.45, 7) is 3.88. The maximum absolute atomic E-state index is 6.13. The standard InChI is InChI=1S/C11H12Cl2N4OS/c12-8-5-9(13)10-14-17(11(19)16(10)6-8)7-15-1-3-18-4-2-15/h5-6H,1-4,7H2. The molecule has 1 fully saturated rings. The summed E-state index contributed by atoms with van der Waals surface area (Å²) in [5, 5.41) is 5.49. The Balaban J connectivity index is 1.98. The lowest BCUT2D eigenvalue weighted by Gasteiger charge is -2.25. The van der Waals surface area contributed by atoms with Crippen LogP contribution >= 0.6 is 35.4 Å². The fourth-order valence-electron chi connectivity index (χ4n) is 2.07. The van der Waals surface area contributed by atoms with Crippen LogP contribution in [0.2, 0.25) is 10.0 Å². The number of pyridine rings is 1. The van der Waals surface area contributed by atoms with Crippen molar-refractivity contribution in [2.45, 2.75) is 6.67 Å². The van der Waals surface area contributed by atoms with Crippen molar-refractivity contribution in [1.29, 1.82) is 0 Å². The molecule has 0 aliphatic carbocycles. The van der Waals surface area contributed by atoms with Crippen molar-refractivity contribution in [3.05, 3.63) is 27.1 Å². The molecule has 0 aromatic carbocycles. The first-order valence-electron chi connectivity index (χ1n) is 5.89. The summed E-state index contributed by atoms with van der Waals surface area (Å²) >= 11 is 17.5. The Morgan fingerprint density at radius 2 is 2.05 bits per heavy atom. The predicted octanol–water partition coefficient (Wildman–Crippen LogP) is 2.46.